The molecule has 2 aromatic rings. The Balaban J connectivity index is 1.48. The highest BCUT2D eigenvalue weighted by Crippen LogP contribution is 2.21. The van der Waals surface area contributed by atoms with Crippen LogP contribution in [0.25, 0.3) is 0 Å². The molecule has 0 unspecified atom stereocenters. The second kappa shape index (κ2) is 8.96. The lowest BCUT2D eigenvalue weighted by atomic mass is 10.1. The van der Waals surface area contributed by atoms with Crippen LogP contribution in [0.4, 0.5) is 4.39 Å². The molecule has 1 aromatic heterocycles. The minimum absolute atomic E-state index is 0.0451. The Morgan fingerprint density at radius 2 is 1.89 bits per heavy atom. The van der Waals surface area contributed by atoms with Gasteiger partial charge in [0.2, 0.25) is 5.91 Å². The first-order chi connectivity index (χ1) is 13.4. The van der Waals surface area contributed by atoms with Gasteiger partial charge in [-0.05, 0) is 32.0 Å². The van der Waals surface area contributed by atoms with E-state index >= 15 is 0 Å². The standard InChI is InChI=1S/C19H21ClFN3O3S/c1-12-16(13(2)27-22-12)10-28-11-18(25)23-5-7-24(8-6-23)19(26)15-4-3-14(21)9-17(15)20/h3-4,9H,5-8,10-11H2,1-2H3. The Hall–Kier alpha value is -2.06. The molecule has 6 nitrogen and oxygen atoms in total. The van der Waals surface area contributed by atoms with Gasteiger partial charge >= 0.3 is 0 Å². The molecule has 0 bridgehead atoms. The average Bonchev–Trinajstić information content (AvgIpc) is 2.99. The molecule has 2 heterocycles. The molecule has 28 heavy (non-hydrogen) atoms. The van der Waals surface area contributed by atoms with E-state index in [0.717, 1.165) is 23.1 Å². The lowest BCUT2D eigenvalue weighted by Gasteiger charge is -2.35. The molecule has 0 N–H and O–H groups in total. The molecule has 1 aliphatic heterocycles. The van der Waals surface area contributed by atoms with Crippen molar-refractivity contribution >= 4 is 35.2 Å². The number of aromatic nitrogens is 1. The van der Waals surface area contributed by atoms with Gasteiger partial charge in [-0.1, -0.05) is 16.8 Å². The summed E-state index contributed by atoms with van der Waals surface area (Å²) in [5.41, 5.74) is 2.16. The molecule has 150 valence electrons. The van der Waals surface area contributed by atoms with Gasteiger partial charge in [0.15, 0.2) is 0 Å². The summed E-state index contributed by atoms with van der Waals surface area (Å²) in [5.74, 6) is 1.14. The van der Waals surface area contributed by atoms with Crippen molar-refractivity contribution in [1.82, 2.24) is 15.0 Å². The number of carbonyl (C=O) groups is 2. The van der Waals surface area contributed by atoms with E-state index in [1.165, 1.54) is 23.9 Å². The molecular formula is C19H21ClFN3O3S. The van der Waals surface area contributed by atoms with Crippen LogP contribution in [0, 0.1) is 19.7 Å². The maximum Gasteiger partial charge on any atom is 0.255 e. The maximum atomic E-state index is 13.2. The number of nitrogens with zero attached hydrogens (tertiary/aromatic N) is 3. The van der Waals surface area contributed by atoms with Crippen LogP contribution in [0.5, 0.6) is 0 Å². The number of aryl methyl sites for hydroxylation is 2. The van der Waals surface area contributed by atoms with E-state index in [0.29, 0.717) is 37.7 Å². The average molecular weight is 426 g/mol. The van der Waals surface area contributed by atoms with Gasteiger partial charge in [0.25, 0.3) is 5.91 Å². The number of hydrogen-bond donors (Lipinski definition) is 0. The number of thioether (sulfide) groups is 1. The first kappa shape index (κ1) is 20.7. The lowest BCUT2D eigenvalue weighted by molar-refractivity contribution is -0.129. The third-order valence-corrected chi connectivity index (χ3v) is 5.99. The number of piperazine rings is 1. The molecule has 3 rings (SSSR count). The molecule has 1 aromatic carbocycles. The van der Waals surface area contributed by atoms with E-state index in [-0.39, 0.29) is 22.4 Å². The highest BCUT2D eigenvalue weighted by atomic mass is 35.5. The first-order valence-electron chi connectivity index (χ1n) is 8.88. The normalized spacial score (nSPS) is 14.4. The molecule has 0 radical (unpaired) electrons. The summed E-state index contributed by atoms with van der Waals surface area (Å²) in [6, 6.07) is 3.74. The predicted molar refractivity (Wildman–Crippen MR) is 106 cm³/mol. The second-order valence-corrected chi connectivity index (χ2v) is 7.99. The quantitative estimate of drug-likeness (QED) is 0.735. The van der Waals surface area contributed by atoms with Crippen LogP contribution in [0.2, 0.25) is 5.02 Å². The minimum atomic E-state index is -0.481. The summed E-state index contributed by atoms with van der Waals surface area (Å²) < 4.78 is 18.3. The zero-order valence-electron chi connectivity index (χ0n) is 15.7. The van der Waals surface area contributed by atoms with Crippen LogP contribution < -0.4 is 0 Å². The van der Waals surface area contributed by atoms with Gasteiger partial charge in [0, 0.05) is 37.5 Å². The van der Waals surface area contributed by atoms with E-state index in [4.69, 9.17) is 16.1 Å². The van der Waals surface area contributed by atoms with E-state index in [1.54, 1.807) is 9.80 Å². The number of halogens is 2. The van der Waals surface area contributed by atoms with Crippen LogP contribution in [0.1, 0.15) is 27.4 Å². The number of rotatable bonds is 5. The van der Waals surface area contributed by atoms with Crippen molar-refractivity contribution in [2.45, 2.75) is 19.6 Å². The Bertz CT molecular complexity index is 862. The number of amides is 2. The van der Waals surface area contributed by atoms with Gasteiger partial charge in [-0.15, -0.1) is 11.8 Å². The van der Waals surface area contributed by atoms with E-state index in [1.807, 2.05) is 13.8 Å². The van der Waals surface area contributed by atoms with Crippen LogP contribution >= 0.6 is 23.4 Å². The van der Waals surface area contributed by atoms with Crippen LogP contribution in [-0.2, 0) is 10.5 Å². The Labute approximate surface area is 172 Å². The molecule has 2 amide bonds. The largest absolute Gasteiger partial charge is 0.361 e. The van der Waals surface area contributed by atoms with Crippen molar-refractivity contribution < 1.29 is 18.5 Å². The Morgan fingerprint density at radius 1 is 1.21 bits per heavy atom. The molecule has 0 saturated carbocycles. The minimum Gasteiger partial charge on any atom is -0.361 e. The SMILES string of the molecule is Cc1noc(C)c1CSCC(=O)N1CCN(C(=O)c2ccc(F)cc2Cl)CC1. The van der Waals surface area contributed by atoms with Crippen molar-refractivity contribution in [1.29, 1.82) is 0 Å². The number of benzene rings is 1. The van der Waals surface area contributed by atoms with Crippen molar-refractivity contribution in [3.05, 3.63) is 51.6 Å². The Kier molecular flexibility index (Phi) is 6.61. The molecule has 1 saturated heterocycles. The van der Waals surface area contributed by atoms with Gasteiger partial charge in [-0.3, -0.25) is 9.59 Å². The van der Waals surface area contributed by atoms with Gasteiger partial charge in [-0.25, -0.2) is 4.39 Å². The smallest absolute Gasteiger partial charge is 0.255 e. The molecular weight excluding hydrogens is 405 g/mol. The van der Waals surface area contributed by atoms with Gasteiger partial charge < -0.3 is 14.3 Å². The second-order valence-electron chi connectivity index (χ2n) is 6.59. The van der Waals surface area contributed by atoms with Crippen molar-refractivity contribution in [2.24, 2.45) is 0 Å². The lowest BCUT2D eigenvalue weighted by Crippen LogP contribution is -2.51. The fourth-order valence-electron chi connectivity index (χ4n) is 3.03. The zero-order chi connectivity index (χ0) is 20.3. The zero-order valence-corrected chi connectivity index (χ0v) is 17.3. The van der Waals surface area contributed by atoms with E-state index < -0.39 is 5.82 Å². The Morgan fingerprint density at radius 3 is 2.50 bits per heavy atom. The van der Waals surface area contributed by atoms with Crippen LogP contribution in [0.15, 0.2) is 22.7 Å². The molecule has 0 atom stereocenters. The molecule has 9 heteroatoms. The summed E-state index contributed by atoms with van der Waals surface area (Å²) in [5, 5.41) is 4.01. The van der Waals surface area contributed by atoms with E-state index in [9.17, 15) is 14.0 Å². The van der Waals surface area contributed by atoms with Gasteiger partial charge in [0.05, 0.1) is 22.0 Å². The number of carbonyl (C=O) groups excluding carboxylic acids is 2. The van der Waals surface area contributed by atoms with Crippen molar-refractivity contribution in [3.8, 4) is 0 Å². The fourth-order valence-corrected chi connectivity index (χ4v) is 4.36. The first-order valence-corrected chi connectivity index (χ1v) is 10.4. The van der Waals surface area contributed by atoms with Crippen molar-refractivity contribution in [2.75, 3.05) is 31.9 Å². The van der Waals surface area contributed by atoms with E-state index in [2.05, 4.69) is 5.16 Å². The summed E-state index contributed by atoms with van der Waals surface area (Å²) in [4.78, 5) is 28.4. The van der Waals surface area contributed by atoms with Gasteiger partial charge in [0.1, 0.15) is 11.6 Å². The molecule has 1 aliphatic rings. The summed E-state index contributed by atoms with van der Waals surface area (Å²) in [7, 11) is 0. The molecule has 1 fully saturated rings. The highest BCUT2D eigenvalue weighted by molar-refractivity contribution is 7.99. The topological polar surface area (TPSA) is 66.7 Å². The summed E-state index contributed by atoms with van der Waals surface area (Å²) in [6.45, 7) is 5.53. The fraction of sp³-hybridized carbons (Fsp3) is 0.421. The summed E-state index contributed by atoms with van der Waals surface area (Å²) >= 11 is 7.50. The van der Waals surface area contributed by atoms with Gasteiger partial charge in [-0.2, -0.15) is 0 Å². The molecule has 0 spiro atoms. The highest BCUT2D eigenvalue weighted by Gasteiger charge is 2.26. The van der Waals surface area contributed by atoms with Crippen molar-refractivity contribution in [3.63, 3.8) is 0 Å². The molecule has 0 aliphatic carbocycles. The number of hydrogen-bond acceptors (Lipinski definition) is 5. The third-order valence-electron chi connectivity index (χ3n) is 4.73. The third kappa shape index (κ3) is 4.67. The monoisotopic (exact) mass is 425 g/mol. The van der Waals surface area contributed by atoms with Crippen LogP contribution in [-0.4, -0.2) is 58.7 Å². The predicted octanol–water partition coefficient (Wildman–Crippen LogP) is 3.30. The maximum absolute atomic E-state index is 13.2. The van der Waals surface area contributed by atoms with Crippen LogP contribution in [0.3, 0.4) is 0 Å². The summed E-state index contributed by atoms with van der Waals surface area (Å²) in [6.07, 6.45) is 0.